The fraction of sp³-hybridized carbons (Fsp3) is 0.574. The molecule has 516 valence electrons. The highest BCUT2D eigenvalue weighted by molar-refractivity contribution is 7.90. The number of rotatable bonds is 24. The lowest BCUT2D eigenvalue weighted by Gasteiger charge is -2.37. The fourth-order valence-corrected chi connectivity index (χ4v) is 18.0. The molecule has 2 atom stereocenters. The van der Waals surface area contributed by atoms with E-state index in [2.05, 4.69) is 78.5 Å². The zero-order valence-corrected chi connectivity index (χ0v) is 57.9. The van der Waals surface area contributed by atoms with E-state index < -0.39 is 37.5 Å². The number of ether oxygens (including phenoxy) is 3. The number of amides is 3. The highest BCUT2D eigenvalue weighted by Crippen LogP contribution is 2.93. The summed E-state index contributed by atoms with van der Waals surface area (Å²) in [6.07, 6.45) is 21.2. The molecule has 0 radical (unpaired) electrons. The number of anilines is 2. The molecule has 2 aliphatic heterocycles. The Morgan fingerprint density at radius 2 is 1.04 bits per heavy atom. The third-order valence-electron chi connectivity index (χ3n) is 21.1. The first-order valence-electron chi connectivity index (χ1n) is 33.1. The number of carbonyl (C=O) groups is 3. The van der Waals surface area contributed by atoms with Crippen LogP contribution < -0.4 is 34.9 Å². The van der Waals surface area contributed by atoms with E-state index in [1.807, 2.05) is 30.4 Å². The summed E-state index contributed by atoms with van der Waals surface area (Å²) >= 11 is 12.7. The summed E-state index contributed by atoms with van der Waals surface area (Å²) in [5, 5.41) is 18.0. The molecule has 6 aliphatic carbocycles. The van der Waals surface area contributed by atoms with Crippen molar-refractivity contribution in [2.24, 2.45) is 33.5 Å². The molecule has 4 spiro atoms. The van der Waals surface area contributed by atoms with Gasteiger partial charge in [-0.2, -0.15) is 16.8 Å². The van der Waals surface area contributed by atoms with Gasteiger partial charge in [-0.25, -0.2) is 43.5 Å². The van der Waals surface area contributed by atoms with Crippen LogP contribution in [0, 0.1) is 33.5 Å². The van der Waals surface area contributed by atoms with Crippen LogP contribution in [-0.2, 0) is 24.8 Å². The normalized spacial score (nSPS) is 21.4. The molecular weight excluding hydrogens is 1310 g/mol. The van der Waals surface area contributed by atoms with E-state index in [4.69, 9.17) is 37.4 Å². The second-order valence-electron chi connectivity index (χ2n) is 29.4. The van der Waals surface area contributed by atoms with Crippen molar-refractivity contribution < 1.29 is 45.4 Å². The minimum absolute atomic E-state index is 0. The van der Waals surface area contributed by atoms with Crippen LogP contribution in [0.25, 0.3) is 11.6 Å². The predicted molar refractivity (Wildman–Crippen MR) is 363 cm³/mol. The number of nitrogens with one attached hydrogen (secondary N) is 5. The smallest absolute Gasteiger partial charge is 0.410 e. The van der Waals surface area contributed by atoms with Crippen LogP contribution in [0.3, 0.4) is 0 Å². The number of aromatic nitrogens is 8. The summed E-state index contributed by atoms with van der Waals surface area (Å²) in [5.41, 5.74) is 1.33. The number of carbonyl (C=O) groups excluding carboxylic acids is 3. The summed E-state index contributed by atoms with van der Waals surface area (Å²) < 4.78 is 77.2. The van der Waals surface area contributed by atoms with Gasteiger partial charge < -0.3 is 35.1 Å². The summed E-state index contributed by atoms with van der Waals surface area (Å²) in [4.78, 5) is 57.8. The van der Waals surface area contributed by atoms with Gasteiger partial charge in [0.15, 0.2) is 21.7 Å². The molecule has 6 saturated carbocycles. The van der Waals surface area contributed by atoms with E-state index in [-0.39, 0.29) is 62.1 Å². The van der Waals surface area contributed by atoms with Gasteiger partial charge in [-0.3, -0.25) is 9.59 Å². The lowest BCUT2D eigenvalue weighted by Crippen LogP contribution is -2.49. The van der Waals surface area contributed by atoms with Gasteiger partial charge in [0.2, 0.25) is 11.8 Å². The van der Waals surface area contributed by atoms with Crippen molar-refractivity contribution in [2.45, 2.75) is 197 Å². The molecule has 24 nitrogen and oxygen atoms in total. The van der Waals surface area contributed by atoms with E-state index in [1.165, 1.54) is 91.1 Å². The van der Waals surface area contributed by atoms with Crippen LogP contribution in [0.4, 0.5) is 16.4 Å². The van der Waals surface area contributed by atoms with Gasteiger partial charge in [-0.1, -0.05) is 42.8 Å². The molecule has 8 heterocycles. The first kappa shape index (κ1) is 68.8. The molecule has 5 N–H and O–H groups in total. The number of nitrogens with zero attached hydrogens (tertiary/aromatic N) is 9. The molecule has 8 aliphatic rings. The SMILES string of the molecule is C.CC(C)(C)OC(=O)N1C(CCCNc2cccc(S(=O)(=O)NC(=O)c3ccc(-n4ccc(OCC5C6(CC6)C56CC6)n4)nc3Cl)n2)CCC1(C)C.CC1(C)CCC(CCCNc2cccc(S(=O)(=O)NC(=O)c3ccc(-n4ccc(OCC5C6(CC6)C56CC6)n4)nc3Cl)n2)N1. The number of likely N-dealkylation sites (tertiary alicyclic amines) is 1. The van der Waals surface area contributed by atoms with Crippen LogP contribution in [0.2, 0.25) is 10.3 Å². The number of pyridine rings is 4. The topological polar surface area (TPSA) is 298 Å². The molecule has 6 aromatic rings. The molecule has 28 heteroatoms. The standard InChI is InChI=1S/C36H46ClN7O6S.C31H38ClN7O4S.CH4/c1-33(2,3)50-32(46)44-23(13-15-34(44,4)5)8-7-20-38-26-9-6-10-29(39-26)51(47,48)42-31(45)24-11-12-27(40-30(24)37)43-21-14-28(41-43)49-22-25-35(16-17-35)36(25)18-19-36;1-29(2)12-10-20(36-29)5-4-17-33-23-6-3-7-26(34-23)44(41,42)38-28(40)21-8-9-24(35-27(21)32)39-18-11-25(37-39)43-19-22-30(13-14-30)31(22)15-16-31;/h6,9-12,14,21,23,25H,7-8,13,15-20,22H2,1-5H3,(H,38,39)(H,42,45);3,6-9,11,18,20,22,36H,4-5,10,12-17,19H2,1-2H3,(H,33,34)(H,38,40);1H4. The molecule has 96 heavy (non-hydrogen) atoms. The van der Waals surface area contributed by atoms with Crippen LogP contribution >= 0.6 is 23.2 Å². The van der Waals surface area contributed by atoms with Crippen molar-refractivity contribution in [3.8, 4) is 23.4 Å². The zero-order valence-electron chi connectivity index (χ0n) is 54.7. The van der Waals surface area contributed by atoms with E-state index in [0.717, 1.165) is 44.9 Å². The van der Waals surface area contributed by atoms with E-state index in [1.54, 1.807) is 54.9 Å². The lowest BCUT2D eigenvalue weighted by molar-refractivity contribution is 0.00291. The Balaban J connectivity index is 0.000000183. The fourth-order valence-electron chi connectivity index (χ4n) is 15.6. The van der Waals surface area contributed by atoms with Gasteiger partial charge in [0.1, 0.15) is 27.5 Å². The van der Waals surface area contributed by atoms with Crippen LogP contribution in [-0.4, -0.2) is 134 Å². The first-order chi connectivity index (χ1) is 45.0. The number of halogens is 2. The van der Waals surface area contributed by atoms with E-state index in [9.17, 15) is 31.2 Å². The van der Waals surface area contributed by atoms with Gasteiger partial charge in [-0.15, -0.1) is 10.2 Å². The Morgan fingerprint density at radius 3 is 1.45 bits per heavy atom. The van der Waals surface area contributed by atoms with Gasteiger partial charge in [0.05, 0.1) is 24.3 Å². The average molecular weight is 1400 g/mol. The maximum atomic E-state index is 13.2. The number of sulfonamides is 2. The molecule has 6 aromatic heterocycles. The van der Waals surface area contributed by atoms with Crippen molar-refractivity contribution in [1.82, 2.24) is 59.2 Å². The van der Waals surface area contributed by atoms with Crippen molar-refractivity contribution in [2.75, 3.05) is 36.9 Å². The van der Waals surface area contributed by atoms with Gasteiger partial charge >= 0.3 is 6.09 Å². The Hall–Kier alpha value is -7.13. The Bertz CT molecular complexity index is 4140. The maximum absolute atomic E-state index is 13.2. The quantitative estimate of drug-likeness (QED) is 0.0278. The maximum Gasteiger partial charge on any atom is 0.410 e. The molecule has 0 aromatic carbocycles. The van der Waals surface area contributed by atoms with Gasteiger partial charge in [-0.05, 0) is 221 Å². The van der Waals surface area contributed by atoms with Crippen molar-refractivity contribution in [3.05, 3.63) is 107 Å². The van der Waals surface area contributed by atoms with Crippen molar-refractivity contribution >= 4 is 72.8 Å². The highest BCUT2D eigenvalue weighted by Gasteiger charge is 2.87. The Kier molecular flexibility index (Phi) is 18.4. The first-order valence-corrected chi connectivity index (χ1v) is 36.8. The highest BCUT2D eigenvalue weighted by atomic mass is 35.5. The Morgan fingerprint density at radius 1 is 0.594 bits per heavy atom. The third kappa shape index (κ3) is 14.1. The largest absolute Gasteiger partial charge is 0.476 e. The van der Waals surface area contributed by atoms with E-state index >= 15 is 0 Å². The summed E-state index contributed by atoms with van der Waals surface area (Å²) in [5.74, 6) is 1.92. The second kappa shape index (κ2) is 25.6. The third-order valence-corrected chi connectivity index (χ3v) is 24.1. The zero-order chi connectivity index (χ0) is 67.1. The molecule has 0 bridgehead atoms. The summed E-state index contributed by atoms with van der Waals surface area (Å²) in [6, 6.07) is 19.1. The van der Waals surface area contributed by atoms with Crippen LogP contribution in [0.5, 0.6) is 11.8 Å². The minimum atomic E-state index is -4.34. The monoisotopic (exact) mass is 1390 g/mol. The average Bonchev–Trinajstić information content (AvgIpc) is 1.45. The molecule has 8 fully saturated rings. The Labute approximate surface area is 572 Å². The number of hydrogen-bond donors (Lipinski definition) is 5. The summed E-state index contributed by atoms with van der Waals surface area (Å²) in [7, 11) is -8.60. The molecule has 2 unspecified atom stereocenters. The van der Waals surface area contributed by atoms with Gasteiger partial charge in [0.25, 0.3) is 31.9 Å². The number of hydrogen-bond acceptors (Lipinski definition) is 19. The van der Waals surface area contributed by atoms with Gasteiger partial charge in [0, 0.05) is 72.6 Å². The number of fused-ring (bicyclic) bond motifs is 2. The van der Waals surface area contributed by atoms with Crippen LogP contribution in [0.1, 0.15) is 179 Å². The molecule has 3 amide bonds. The second-order valence-corrected chi connectivity index (χ2v) is 33.4. The van der Waals surface area contributed by atoms with E-state index in [0.29, 0.717) is 107 Å². The molecule has 2 saturated heterocycles. The predicted octanol–water partition coefficient (Wildman–Crippen LogP) is 11.7. The van der Waals surface area contributed by atoms with Crippen molar-refractivity contribution in [3.63, 3.8) is 0 Å². The molecular formula is C68H88Cl2N14O10S2. The van der Waals surface area contributed by atoms with Crippen molar-refractivity contribution in [1.29, 1.82) is 0 Å². The lowest BCUT2D eigenvalue weighted by atomic mass is 10.0. The summed E-state index contributed by atoms with van der Waals surface area (Å²) in [6.45, 7) is 16.6. The van der Waals surface area contributed by atoms with Crippen LogP contribution in [0.15, 0.2) is 95.2 Å². The molecule has 14 rings (SSSR count). The minimum Gasteiger partial charge on any atom is -0.476 e.